The lowest BCUT2D eigenvalue weighted by molar-refractivity contribution is 0.00578. The van der Waals surface area contributed by atoms with E-state index in [0.717, 1.165) is 0 Å². The highest BCUT2D eigenvalue weighted by Gasteiger charge is 2.54. The van der Waals surface area contributed by atoms with E-state index in [1.54, 1.807) is 0 Å². The van der Waals surface area contributed by atoms with E-state index in [1.807, 2.05) is 55.4 Å². The SMILES string of the molecule is CC1(C)OB(c2sc(-c3cc(F)c(B4OC(C)(C)C(C)(C)O4)s3)cc2F)OC1(C)C. The summed E-state index contributed by atoms with van der Waals surface area (Å²) in [4.78, 5) is 1.23. The molecule has 0 unspecified atom stereocenters. The highest BCUT2D eigenvalue weighted by Crippen LogP contribution is 2.40. The summed E-state index contributed by atoms with van der Waals surface area (Å²) in [5.41, 5.74) is -2.25. The molecule has 2 aliphatic heterocycles. The van der Waals surface area contributed by atoms with E-state index in [9.17, 15) is 8.78 Å². The van der Waals surface area contributed by atoms with Gasteiger partial charge in [0.1, 0.15) is 11.6 Å². The maximum absolute atomic E-state index is 14.8. The van der Waals surface area contributed by atoms with Gasteiger partial charge < -0.3 is 18.6 Å². The molecule has 0 radical (unpaired) electrons. The van der Waals surface area contributed by atoms with E-state index in [1.165, 1.54) is 34.8 Å². The first-order chi connectivity index (χ1) is 13.6. The molecule has 162 valence electrons. The fraction of sp³-hybridized carbons (Fsp3) is 0.600. The Bertz CT molecular complexity index is 873. The van der Waals surface area contributed by atoms with Gasteiger partial charge in [0.25, 0.3) is 0 Å². The molecule has 30 heavy (non-hydrogen) atoms. The van der Waals surface area contributed by atoms with Crippen LogP contribution in [0.3, 0.4) is 0 Å². The Morgan fingerprint density at radius 2 is 0.867 bits per heavy atom. The van der Waals surface area contributed by atoms with Crippen LogP contribution in [0.2, 0.25) is 0 Å². The van der Waals surface area contributed by atoms with Crippen molar-refractivity contribution >= 4 is 46.5 Å². The predicted molar refractivity (Wildman–Crippen MR) is 119 cm³/mol. The Balaban J connectivity index is 1.62. The molecule has 2 saturated heterocycles. The lowest BCUT2D eigenvalue weighted by Crippen LogP contribution is -2.41. The molecule has 0 atom stereocenters. The van der Waals surface area contributed by atoms with Crippen LogP contribution in [0.25, 0.3) is 9.75 Å². The Morgan fingerprint density at radius 3 is 1.13 bits per heavy atom. The van der Waals surface area contributed by atoms with Crippen LogP contribution in [0.15, 0.2) is 12.1 Å². The van der Waals surface area contributed by atoms with Crippen LogP contribution in [0.4, 0.5) is 8.78 Å². The van der Waals surface area contributed by atoms with E-state index in [2.05, 4.69) is 0 Å². The van der Waals surface area contributed by atoms with E-state index in [-0.39, 0.29) is 0 Å². The second kappa shape index (κ2) is 6.86. The highest BCUT2D eigenvalue weighted by atomic mass is 32.1. The summed E-state index contributed by atoms with van der Waals surface area (Å²) < 4.78 is 54.2. The molecule has 10 heteroatoms. The van der Waals surface area contributed by atoms with Gasteiger partial charge >= 0.3 is 14.2 Å². The summed E-state index contributed by atoms with van der Waals surface area (Å²) in [7, 11) is -1.58. The van der Waals surface area contributed by atoms with Gasteiger partial charge in [0.2, 0.25) is 0 Å². The molecule has 4 nitrogen and oxygen atoms in total. The van der Waals surface area contributed by atoms with Gasteiger partial charge in [0, 0.05) is 9.75 Å². The van der Waals surface area contributed by atoms with Crippen molar-refractivity contribution in [1.82, 2.24) is 0 Å². The molecule has 0 aromatic carbocycles. The number of thiophene rings is 2. The molecule has 2 aliphatic rings. The fourth-order valence-corrected chi connectivity index (χ4v) is 5.30. The maximum Gasteiger partial charge on any atom is 0.508 e. The number of hydrogen-bond acceptors (Lipinski definition) is 6. The van der Waals surface area contributed by atoms with Crippen LogP contribution in [-0.2, 0) is 18.6 Å². The third kappa shape index (κ3) is 3.49. The first-order valence-electron chi connectivity index (χ1n) is 9.94. The predicted octanol–water partition coefficient (Wildman–Crippen LogP) is 4.35. The summed E-state index contributed by atoms with van der Waals surface area (Å²) in [6.07, 6.45) is 0. The van der Waals surface area contributed by atoms with Crippen molar-refractivity contribution in [3.63, 3.8) is 0 Å². The Hall–Kier alpha value is -0.770. The van der Waals surface area contributed by atoms with Gasteiger partial charge in [-0.2, -0.15) is 0 Å². The second-order valence-corrected chi connectivity index (χ2v) is 12.0. The minimum atomic E-state index is -0.791. The van der Waals surface area contributed by atoms with E-state index in [4.69, 9.17) is 18.6 Å². The normalized spacial score (nSPS) is 24.1. The number of halogens is 2. The molecule has 0 amide bonds. The molecule has 4 rings (SSSR count). The van der Waals surface area contributed by atoms with E-state index < -0.39 is 48.3 Å². The molecule has 4 heterocycles. The lowest BCUT2D eigenvalue weighted by atomic mass is 9.87. The average Bonchev–Trinajstić information content (AvgIpc) is 3.25. The first-order valence-corrected chi connectivity index (χ1v) is 11.6. The number of rotatable bonds is 3. The first kappa shape index (κ1) is 22.4. The third-order valence-corrected chi connectivity index (χ3v) is 9.06. The monoisotopic (exact) mass is 454 g/mol. The zero-order valence-corrected chi connectivity index (χ0v) is 20.1. The summed E-state index contributed by atoms with van der Waals surface area (Å²) in [6, 6.07) is 2.81. The van der Waals surface area contributed by atoms with Crippen LogP contribution >= 0.6 is 22.7 Å². The molecule has 0 aliphatic carbocycles. The average molecular weight is 454 g/mol. The quantitative estimate of drug-likeness (QED) is 0.647. The molecule has 2 fully saturated rings. The van der Waals surface area contributed by atoms with Crippen LogP contribution in [0.1, 0.15) is 55.4 Å². The van der Waals surface area contributed by atoms with Crippen molar-refractivity contribution < 1.29 is 27.4 Å². The summed E-state index contributed by atoms with van der Waals surface area (Å²) in [5.74, 6) is -0.834. The Morgan fingerprint density at radius 1 is 0.600 bits per heavy atom. The van der Waals surface area contributed by atoms with Gasteiger partial charge in [0.15, 0.2) is 0 Å². The zero-order valence-electron chi connectivity index (χ0n) is 18.5. The highest BCUT2D eigenvalue weighted by molar-refractivity contribution is 7.30. The van der Waals surface area contributed by atoms with Crippen LogP contribution in [0, 0.1) is 11.6 Å². The van der Waals surface area contributed by atoms with Gasteiger partial charge in [-0.3, -0.25) is 0 Å². The molecule has 0 N–H and O–H groups in total. The summed E-state index contributed by atoms with van der Waals surface area (Å²) >= 11 is 2.43. The van der Waals surface area contributed by atoms with Gasteiger partial charge in [-0.15, -0.1) is 22.7 Å². The van der Waals surface area contributed by atoms with Crippen LogP contribution in [-0.4, -0.2) is 36.6 Å². The standard InChI is InChI=1S/C20H26B2F2O4S2/c1-17(2)18(3,4)26-21(25-17)15-11(23)9-13(29-15)14-10-12(24)16(30-14)22-27-19(5,6)20(7,8)28-22/h9-10H,1-8H3. The Kier molecular flexibility index (Phi) is 5.13. The van der Waals surface area contributed by atoms with E-state index >= 15 is 0 Å². The van der Waals surface area contributed by atoms with Crippen LogP contribution in [0.5, 0.6) is 0 Å². The van der Waals surface area contributed by atoms with Crippen molar-refractivity contribution in [2.24, 2.45) is 0 Å². The molecule has 0 spiro atoms. The smallest absolute Gasteiger partial charge is 0.399 e. The minimum Gasteiger partial charge on any atom is -0.399 e. The van der Waals surface area contributed by atoms with Crippen molar-refractivity contribution in [1.29, 1.82) is 0 Å². The summed E-state index contributed by atoms with van der Waals surface area (Å²) in [6.45, 7) is 15.4. The second-order valence-electron chi connectivity index (χ2n) is 9.82. The van der Waals surface area contributed by atoms with Gasteiger partial charge in [-0.05, 0) is 67.5 Å². The third-order valence-electron chi connectivity index (χ3n) is 6.60. The molecule has 2 aromatic rings. The molecular weight excluding hydrogens is 428 g/mol. The molecular formula is C20H26B2F2O4S2. The van der Waals surface area contributed by atoms with Gasteiger partial charge in [-0.1, -0.05) is 0 Å². The topological polar surface area (TPSA) is 36.9 Å². The van der Waals surface area contributed by atoms with Crippen molar-refractivity contribution in [3.05, 3.63) is 23.8 Å². The van der Waals surface area contributed by atoms with Crippen LogP contribution < -0.4 is 9.55 Å². The van der Waals surface area contributed by atoms with E-state index in [0.29, 0.717) is 19.3 Å². The van der Waals surface area contributed by atoms with Crippen molar-refractivity contribution in [3.8, 4) is 9.75 Å². The fourth-order valence-electron chi connectivity index (χ4n) is 3.23. The van der Waals surface area contributed by atoms with Crippen molar-refractivity contribution in [2.45, 2.75) is 77.8 Å². The maximum atomic E-state index is 14.8. The minimum absolute atomic E-state index is 0.356. The molecule has 0 saturated carbocycles. The lowest BCUT2D eigenvalue weighted by Gasteiger charge is -2.32. The largest absolute Gasteiger partial charge is 0.508 e. The van der Waals surface area contributed by atoms with Gasteiger partial charge in [-0.25, -0.2) is 8.78 Å². The van der Waals surface area contributed by atoms with Gasteiger partial charge in [0.05, 0.1) is 32.0 Å². The molecule has 0 bridgehead atoms. The zero-order chi connectivity index (χ0) is 22.3. The molecule has 2 aromatic heterocycles. The Labute approximate surface area is 185 Å². The number of hydrogen-bond donors (Lipinski definition) is 0. The van der Waals surface area contributed by atoms with Crippen molar-refractivity contribution in [2.75, 3.05) is 0 Å². The summed E-state index contributed by atoms with van der Waals surface area (Å²) in [5, 5.41) is 0.